The zero-order valence-electron chi connectivity index (χ0n) is 14.5. The summed E-state index contributed by atoms with van der Waals surface area (Å²) in [6.07, 6.45) is 10.6. The fourth-order valence-corrected chi connectivity index (χ4v) is 4.22. The monoisotopic (exact) mass is 433 g/mol. The minimum Gasteiger partial charge on any atom is -0.493 e. The summed E-state index contributed by atoms with van der Waals surface area (Å²) >= 11 is 5.36. The first-order valence-corrected chi connectivity index (χ1v) is 10.4. The minimum absolute atomic E-state index is 0. The molecule has 0 atom stereocenters. The first kappa shape index (κ1) is 21.8. The van der Waals surface area contributed by atoms with Crippen LogP contribution in [0.1, 0.15) is 51.4 Å². The van der Waals surface area contributed by atoms with Crippen molar-refractivity contribution in [1.29, 1.82) is 0 Å². The Morgan fingerprint density at radius 3 is 2.33 bits per heavy atom. The molecule has 1 aromatic carbocycles. The average Bonchev–Trinajstić information content (AvgIpc) is 3.05. The molecule has 0 saturated heterocycles. The van der Waals surface area contributed by atoms with Crippen molar-refractivity contribution in [2.24, 2.45) is 0 Å². The van der Waals surface area contributed by atoms with Crippen molar-refractivity contribution in [1.82, 2.24) is 5.32 Å². The van der Waals surface area contributed by atoms with Gasteiger partial charge in [0.05, 0.1) is 11.3 Å². The lowest BCUT2D eigenvalue weighted by Gasteiger charge is -2.08. The van der Waals surface area contributed by atoms with Gasteiger partial charge in [-0.2, -0.15) is 0 Å². The van der Waals surface area contributed by atoms with Crippen molar-refractivity contribution >= 4 is 49.8 Å². The Balaban J connectivity index is 0.00000288. The number of unbranched alkanes of at least 4 members (excludes halogenated alkanes) is 7. The highest BCUT2D eigenvalue weighted by Gasteiger charge is 2.06. The SMILES string of the molecule is CNCCCCCCCCCCOc1ccc(Br)c2sccc12.Cl. The second kappa shape index (κ2) is 13.0. The van der Waals surface area contributed by atoms with E-state index < -0.39 is 0 Å². The smallest absolute Gasteiger partial charge is 0.128 e. The van der Waals surface area contributed by atoms with E-state index in [1.807, 2.05) is 7.05 Å². The van der Waals surface area contributed by atoms with Crippen LogP contribution in [-0.4, -0.2) is 20.2 Å². The summed E-state index contributed by atoms with van der Waals surface area (Å²) in [6, 6.07) is 6.31. The molecule has 5 heteroatoms. The van der Waals surface area contributed by atoms with Gasteiger partial charge in [-0.05, 0) is 65.9 Å². The predicted molar refractivity (Wildman–Crippen MR) is 113 cm³/mol. The highest BCUT2D eigenvalue weighted by molar-refractivity contribution is 9.10. The van der Waals surface area contributed by atoms with Gasteiger partial charge in [-0.3, -0.25) is 0 Å². The molecule has 24 heavy (non-hydrogen) atoms. The van der Waals surface area contributed by atoms with Crippen LogP contribution in [0.4, 0.5) is 0 Å². The Labute approximate surface area is 164 Å². The Kier molecular flexibility index (Phi) is 11.8. The second-order valence-corrected chi connectivity index (χ2v) is 7.76. The lowest BCUT2D eigenvalue weighted by molar-refractivity contribution is 0.307. The lowest BCUT2D eigenvalue weighted by atomic mass is 10.1. The van der Waals surface area contributed by atoms with Gasteiger partial charge in [0.1, 0.15) is 5.75 Å². The summed E-state index contributed by atoms with van der Waals surface area (Å²) in [6.45, 7) is 1.99. The van der Waals surface area contributed by atoms with Crippen molar-refractivity contribution in [3.8, 4) is 5.75 Å². The molecule has 2 rings (SSSR count). The Morgan fingerprint density at radius 2 is 1.62 bits per heavy atom. The molecule has 0 aliphatic heterocycles. The molecule has 0 aliphatic carbocycles. The molecule has 0 bridgehead atoms. The highest BCUT2D eigenvalue weighted by atomic mass is 79.9. The van der Waals surface area contributed by atoms with E-state index in [1.54, 1.807) is 11.3 Å². The molecule has 0 radical (unpaired) electrons. The molecular formula is C19H29BrClNOS. The zero-order chi connectivity index (χ0) is 16.3. The average molecular weight is 435 g/mol. The van der Waals surface area contributed by atoms with Crippen LogP contribution < -0.4 is 10.1 Å². The second-order valence-electron chi connectivity index (χ2n) is 5.99. The number of hydrogen-bond donors (Lipinski definition) is 1. The van der Waals surface area contributed by atoms with Gasteiger partial charge in [0.25, 0.3) is 0 Å². The van der Waals surface area contributed by atoms with E-state index in [0.717, 1.165) is 29.8 Å². The van der Waals surface area contributed by atoms with Crippen LogP contribution in [0.15, 0.2) is 28.1 Å². The number of nitrogens with one attached hydrogen (secondary N) is 1. The van der Waals surface area contributed by atoms with Crippen LogP contribution in [0.25, 0.3) is 10.1 Å². The number of rotatable bonds is 12. The van der Waals surface area contributed by atoms with Crippen molar-refractivity contribution in [2.75, 3.05) is 20.2 Å². The number of hydrogen-bond acceptors (Lipinski definition) is 3. The lowest BCUT2D eigenvalue weighted by Crippen LogP contribution is -2.06. The molecule has 136 valence electrons. The molecule has 0 unspecified atom stereocenters. The molecule has 0 spiro atoms. The standard InChI is InChI=1S/C19H28BrNOS.ClH/c1-21-13-8-6-4-2-3-5-7-9-14-22-18-11-10-17(20)19-16(18)12-15-23-19;/h10-12,15,21H,2-9,13-14H2,1H3;1H. The zero-order valence-corrected chi connectivity index (χ0v) is 17.7. The van der Waals surface area contributed by atoms with E-state index in [4.69, 9.17) is 4.74 Å². The van der Waals surface area contributed by atoms with Gasteiger partial charge in [0, 0.05) is 9.86 Å². The van der Waals surface area contributed by atoms with Gasteiger partial charge in [-0.1, -0.05) is 38.5 Å². The van der Waals surface area contributed by atoms with Crippen molar-refractivity contribution in [2.45, 2.75) is 51.4 Å². The van der Waals surface area contributed by atoms with Gasteiger partial charge in [0.2, 0.25) is 0 Å². The normalized spacial score (nSPS) is 10.8. The van der Waals surface area contributed by atoms with E-state index in [0.29, 0.717) is 0 Å². The molecule has 0 aliphatic rings. The molecule has 0 amide bonds. The van der Waals surface area contributed by atoms with Crippen LogP contribution in [0.2, 0.25) is 0 Å². The number of thiophene rings is 1. The Bertz CT molecular complexity index is 575. The first-order chi connectivity index (χ1) is 11.3. The third-order valence-corrected chi connectivity index (χ3v) is 5.98. The summed E-state index contributed by atoms with van der Waals surface area (Å²) < 4.78 is 8.42. The van der Waals surface area contributed by atoms with E-state index in [-0.39, 0.29) is 12.4 Å². The highest BCUT2D eigenvalue weighted by Crippen LogP contribution is 2.35. The molecule has 0 fully saturated rings. The van der Waals surface area contributed by atoms with Gasteiger partial charge < -0.3 is 10.1 Å². The van der Waals surface area contributed by atoms with Gasteiger partial charge >= 0.3 is 0 Å². The van der Waals surface area contributed by atoms with E-state index in [2.05, 4.69) is 44.8 Å². The van der Waals surface area contributed by atoms with Gasteiger partial charge in [0.15, 0.2) is 0 Å². The predicted octanol–water partition coefficient (Wildman–Crippen LogP) is 6.80. The molecular weight excluding hydrogens is 406 g/mol. The summed E-state index contributed by atoms with van der Waals surface area (Å²) in [5.74, 6) is 1.02. The number of halogens is 2. The fourth-order valence-electron chi connectivity index (χ4n) is 2.78. The Morgan fingerprint density at radius 1 is 0.958 bits per heavy atom. The fraction of sp³-hybridized carbons (Fsp3) is 0.579. The topological polar surface area (TPSA) is 21.3 Å². The number of fused-ring (bicyclic) bond motifs is 1. The van der Waals surface area contributed by atoms with Crippen molar-refractivity contribution in [3.63, 3.8) is 0 Å². The van der Waals surface area contributed by atoms with Crippen LogP contribution >= 0.6 is 39.7 Å². The van der Waals surface area contributed by atoms with Gasteiger partial charge in [-0.25, -0.2) is 0 Å². The van der Waals surface area contributed by atoms with Crippen molar-refractivity contribution in [3.05, 3.63) is 28.1 Å². The largest absolute Gasteiger partial charge is 0.493 e. The van der Waals surface area contributed by atoms with Crippen LogP contribution in [0.5, 0.6) is 5.75 Å². The summed E-state index contributed by atoms with van der Waals surface area (Å²) in [5, 5.41) is 6.55. The maximum absolute atomic E-state index is 5.98. The van der Waals surface area contributed by atoms with Crippen LogP contribution in [-0.2, 0) is 0 Å². The molecule has 2 aromatic rings. The maximum Gasteiger partial charge on any atom is 0.128 e. The van der Waals surface area contributed by atoms with Gasteiger partial charge in [-0.15, -0.1) is 23.7 Å². The van der Waals surface area contributed by atoms with E-state index in [9.17, 15) is 0 Å². The minimum atomic E-state index is 0. The van der Waals surface area contributed by atoms with Crippen LogP contribution in [0.3, 0.4) is 0 Å². The molecule has 0 saturated carbocycles. The molecule has 1 N–H and O–H groups in total. The molecule has 1 aromatic heterocycles. The van der Waals surface area contributed by atoms with E-state index in [1.165, 1.54) is 55.0 Å². The summed E-state index contributed by atoms with van der Waals surface area (Å²) in [7, 11) is 2.03. The Hall–Kier alpha value is -0.290. The molecule has 1 heterocycles. The third-order valence-electron chi connectivity index (χ3n) is 4.11. The van der Waals surface area contributed by atoms with Crippen LogP contribution in [0, 0.1) is 0 Å². The summed E-state index contributed by atoms with van der Waals surface area (Å²) in [5.41, 5.74) is 0. The first-order valence-electron chi connectivity index (χ1n) is 8.76. The number of ether oxygens (including phenoxy) is 1. The van der Waals surface area contributed by atoms with Crippen molar-refractivity contribution < 1.29 is 4.74 Å². The summed E-state index contributed by atoms with van der Waals surface area (Å²) in [4.78, 5) is 0. The third kappa shape index (κ3) is 7.30. The maximum atomic E-state index is 5.98. The number of benzene rings is 1. The quantitative estimate of drug-likeness (QED) is 0.371. The van der Waals surface area contributed by atoms with E-state index >= 15 is 0 Å². The molecule has 2 nitrogen and oxygen atoms in total.